The van der Waals surface area contributed by atoms with Gasteiger partial charge in [0.2, 0.25) is 0 Å². The van der Waals surface area contributed by atoms with Crippen molar-refractivity contribution in [1.82, 2.24) is 0 Å². The molecule has 0 unspecified atom stereocenters. The first-order valence-electron chi connectivity index (χ1n) is 3.18. The van der Waals surface area contributed by atoms with Crippen molar-refractivity contribution in [2.24, 2.45) is 5.16 Å². The Kier molecular flexibility index (Phi) is 7.77. The topological polar surface area (TPSA) is 35.7 Å². The smallest absolute Gasteiger partial charge is 0.659 e. The number of oxime groups is 1. The first kappa shape index (κ1) is 11.2. The quantitative estimate of drug-likeness (QED) is 0.391. The molecule has 1 fully saturated rings. The Morgan fingerprint density at radius 1 is 1.60 bits per heavy atom. The molecule has 52 valence electrons. The van der Waals surface area contributed by atoms with Gasteiger partial charge in [-0.1, -0.05) is 6.42 Å². The van der Waals surface area contributed by atoms with Gasteiger partial charge in [0.05, 0.1) is 0 Å². The van der Waals surface area contributed by atoms with Crippen molar-refractivity contribution in [2.75, 3.05) is 13.1 Å². The standard InChI is InChI=1S/C6H11N2O.Rb/c1-7-9-6-3-2-4-8-5-6;/h6H,1-5H2;/q-1;+1/t6-;/m1./s1. The van der Waals surface area contributed by atoms with Gasteiger partial charge in [-0.2, -0.15) is 0 Å². The van der Waals surface area contributed by atoms with Gasteiger partial charge in [0.25, 0.3) is 0 Å². The van der Waals surface area contributed by atoms with Gasteiger partial charge in [0, 0.05) is 6.72 Å². The summed E-state index contributed by atoms with van der Waals surface area (Å²) in [6, 6.07) is 0. The van der Waals surface area contributed by atoms with Crippen molar-refractivity contribution in [2.45, 2.75) is 18.9 Å². The average Bonchev–Trinajstić information content (AvgIpc) is 1.91. The Morgan fingerprint density at radius 2 is 2.40 bits per heavy atom. The summed E-state index contributed by atoms with van der Waals surface area (Å²) in [5, 5.41) is 7.51. The predicted octanol–water partition coefficient (Wildman–Crippen LogP) is -1.84. The van der Waals surface area contributed by atoms with E-state index >= 15 is 0 Å². The van der Waals surface area contributed by atoms with E-state index in [1.165, 1.54) is 0 Å². The zero-order valence-corrected chi connectivity index (χ0v) is 11.3. The van der Waals surface area contributed by atoms with E-state index in [1.54, 1.807) is 0 Å². The van der Waals surface area contributed by atoms with Crippen LogP contribution >= 0.6 is 0 Å². The molecule has 10 heavy (non-hydrogen) atoms. The summed E-state index contributed by atoms with van der Waals surface area (Å²) < 4.78 is 0. The van der Waals surface area contributed by atoms with Crippen LogP contribution in [0.3, 0.4) is 0 Å². The molecule has 1 heterocycles. The molecule has 0 aromatic rings. The molecule has 1 atom stereocenters. The van der Waals surface area contributed by atoms with E-state index in [1.807, 2.05) is 0 Å². The molecule has 0 N–H and O–H groups in total. The zero-order valence-electron chi connectivity index (χ0n) is 6.42. The molecule has 1 aliphatic rings. The largest absolute Gasteiger partial charge is 1.00 e. The molecule has 0 radical (unpaired) electrons. The Balaban J connectivity index is 0.000000810. The molecular weight excluding hydrogens is 202 g/mol. The second-order valence-electron chi connectivity index (χ2n) is 2.13. The van der Waals surface area contributed by atoms with Crippen LogP contribution < -0.4 is 58.2 Å². The molecule has 1 aliphatic heterocycles. The van der Waals surface area contributed by atoms with Gasteiger partial charge < -0.3 is 10.2 Å². The van der Waals surface area contributed by atoms with Gasteiger partial charge in [-0.05, 0) is 6.42 Å². The van der Waals surface area contributed by atoms with Crippen LogP contribution in [0.15, 0.2) is 5.16 Å². The Hall–Kier alpha value is 1.24. The second kappa shape index (κ2) is 6.92. The second-order valence-corrected chi connectivity index (χ2v) is 2.13. The fourth-order valence-electron chi connectivity index (χ4n) is 0.949. The number of nitrogens with zero attached hydrogens (tertiary/aromatic N) is 2. The minimum atomic E-state index is 0. The molecule has 1 rings (SSSR count). The van der Waals surface area contributed by atoms with Crippen LogP contribution in [-0.4, -0.2) is 25.9 Å². The molecule has 0 amide bonds. The predicted molar refractivity (Wildman–Crippen MR) is 36.7 cm³/mol. The van der Waals surface area contributed by atoms with E-state index in [2.05, 4.69) is 17.2 Å². The summed E-state index contributed by atoms with van der Waals surface area (Å²) in [4.78, 5) is 4.90. The number of piperidine rings is 1. The molecule has 0 bridgehead atoms. The van der Waals surface area contributed by atoms with Crippen molar-refractivity contribution in [3.05, 3.63) is 5.32 Å². The monoisotopic (exact) mass is 212 g/mol. The minimum absolute atomic E-state index is 0. The van der Waals surface area contributed by atoms with Crippen molar-refractivity contribution < 1.29 is 63.0 Å². The van der Waals surface area contributed by atoms with Crippen molar-refractivity contribution in [3.63, 3.8) is 0 Å². The van der Waals surface area contributed by atoms with Gasteiger partial charge in [-0.25, -0.2) is 0 Å². The van der Waals surface area contributed by atoms with Crippen LogP contribution in [0.5, 0.6) is 0 Å². The first-order chi connectivity index (χ1) is 4.43. The summed E-state index contributed by atoms with van der Waals surface area (Å²) in [5.74, 6) is 0. The van der Waals surface area contributed by atoms with Gasteiger partial charge >= 0.3 is 58.2 Å². The van der Waals surface area contributed by atoms with E-state index < -0.39 is 0 Å². The molecule has 0 aromatic heterocycles. The third-order valence-corrected chi connectivity index (χ3v) is 1.40. The molecule has 0 aliphatic carbocycles. The van der Waals surface area contributed by atoms with Crippen molar-refractivity contribution in [1.29, 1.82) is 0 Å². The van der Waals surface area contributed by atoms with E-state index in [0.717, 1.165) is 25.9 Å². The van der Waals surface area contributed by atoms with E-state index in [9.17, 15) is 0 Å². The van der Waals surface area contributed by atoms with Crippen LogP contribution in [-0.2, 0) is 4.84 Å². The van der Waals surface area contributed by atoms with Gasteiger partial charge in [-0.15, -0.1) is 18.2 Å². The van der Waals surface area contributed by atoms with Crippen LogP contribution in [0, 0.1) is 0 Å². The summed E-state index contributed by atoms with van der Waals surface area (Å²) >= 11 is 0. The number of rotatable bonds is 2. The van der Waals surface area contributed by atoms with Crippen LogP contribution in [0.25, 0.3) is 5.32 Å². The van der Waals surface area contributed by atoms with E-state index in [-0.39, 0.29) is 64.3 Å². The van der Waals surface area contributed by atoms with E-state index in [4.69, 9.17) is 4.84 Å². The summed E-state index contributed by atoms with van der Waals surface area (Å²) in [6.45, 7) is 5.01. The normalized spacial score (nSPS) is 24.6. The third-order valence-electron chi connectivity index (χ3n) is 1.40. The summed E-state index contributed by atoms with van der Waals surface area (Å²) in [6.07, 6.45) is 2.40. The van der Waals surface area contributed by atoms with Crippen LogP contribution in [0.2, 0.25) is 0 Å². The maximum absolute atomic E-state index is 4.90. The molecule has 1 saturated heterocycles. The Labute approximate surface area is 110 Å². The molecule has 0 spiro atoms. The third kappa shape index (κ3) is 4.18. The molecule has 4 heteroatoms. The van der Waals surface area contributed by atoms with Crippen LogP contribution in [0.4, 0.5) is 0 Å². The van der Waals surface area contributed by atoms with Gasteiger partial charge in [0.1, 0.15) is 6.10 Å². The SMILES string of the molecule is C=NO[C@@H]1CCC[N-]C1.[Rb+]. The molecule has 3 nitrogen and oxygen atoms in total. The molecule has 0 aromatic carbocycles. The fourth-order valence-corrected chi connectivity index (χ4v) is 0.949. The van der Waals surface area contributed by atoms with E-state index in [0.29, 0.717) is 0 Å². The average molecular weight is 213 g/mol. The first-order valence-corrected chi connectivity index (χ1v) is 3.18. The number of hydrogen-bond donors (Lipinski definition) is 0. The van der Waals surface area contributed by atoms with Crippen LogP contribution in [0.1, 0.15) is 12.8 Å². The summed E-state index contributed by atoms with van der Waals surface area (Å²) in [7, 11) is 0. The Bertz CT molecular complexity index is 93.7. The minimum Gasteiger partial charge on any atom is -0.659 e. The van der Waals surface area contributed by atoms with Gasteiger partial charge in [0.15, 0.2) is 0 Å². The molecule has 0 saturated carbocycles. The van der Waals surface area contributed by atoms with Crippen molar-refractivity contribution in [3.8, 4) is 0 Å². The molecular formula is C6H11N2ORb. The number of hydrogen-bond acceptors (Lipinski definition) is 2. The summed E-state index contributed by atoms with van der Waals surface area (Å²) in [5.41, 5.74) is 0. The van der Waals surface area contributed by atoms with Crippen molar-refractivity contribution >= 4 is 6.72 Å². The zero-order chi connectivity index (χ0) is 6.53. The van der Waals surface area contributed by atoms with Gasteiger partial charge in [-0.3, -0.25) is 0 Å². The maximum Gasteiger partial charge on any atom is 1.00 e. The Morgan fingerprint density at radius 3 is 2.90 bits per heavy atom. The fraction of sp³-hybridized carbons (Fsp3) is 0.833. The maximum atomic E-state index is 4.90.